The molecule has 34 heavy (non-hydrogen) atoms. The van der Waals surface area contributed by atoms with Crippen molar-refractivity contribution >= 4 is 62.5 Å². The summed E-state index contributed by atoms with van der Waals surface area (Å²) in [5, 5.41) is 15.2. The van der Waals surface area contributed by atoms with Crippen LogP contribution >= 0.6 is 23.1 Å². The number of fused-ring (bicyclic) bond motifs is 1. The normalized spacial score (nSPS) is 17.8. The van der Waals surface area contributed by atoms with Gasteiger partial charge in [0.15, 0.2) is 4.34 Å². The van der Waals surface area contributed by atoms with Crippen molar-refractivity contribution in [3.63, 3.8) is 0 Å². The van der Waals surface area contributed by atoms with Gasteiger partial charge in [-0.3, -0.25) is 14.4 Å². The van der Waals surface area contributed by atoms with E-state index >= 15 is 0 Å². The van der Waals surface area contributed by atoms with Crippen molar-refractivity contribution in [3.8, 4) is 5.75 Å². The predicted octanol–water partition coefficient (Wildman–Crippen LogP) is 4.87. The molecule has 1 fully saturated rings. The van der Waals surface area contributed by atoms with Gasteiger partial charge in [0.1, 0.15) is 5.75 Å². The number of amides is 2. The molecule has 3 N–H and O–H groups in total. The Balaban J connectivity index is 1.35. The molecule has 3 aromatic rings. The van der Waals surface area contributed by atoms with E-state index in [1.54, 1.807) is 37.4 Å². The molecule has 1 aromatic heterocycles. The van der Waals surface area contributed by atoms with E-state index in [9.17, 15) is 19.5 Å². The lowest BCUT2D eigenvalue weighted by molar-refractivity contribution is -0.147. The van der Waals surface area contributed by atoms with Crippen LogP contribution in [0.2, 0.25) is 0 Å². The van der Waals surface area contributed by atoms with E-state index < -0.39 is 17.8 Å². The average Bonchev–Trinajstić information content (AvgIpc) is 3.25. The summed E-state index contributed by atoms with van der Waals surface area (Å²) in [6.07, 6.45) is 2.83. The van der Waals surface area contributed by atoms with Crippen LogP contribution in [-0.2, 0) is 14.4 Å². The highest BCUT2D eigenvalue weighted by Gasteiger charge is 2.35. The van der Waals surface area contributed by atoms with Gasteiger partial charge in [-0.25, -0.2) is 4.98 Å². The van der Waals surface area contributed by atoms with Gasteiger partial charge in [-0.15, -0.1) is 11.3 Å². The first-order valence-corrected chi connectivity index (χ1v) is 12.7. The number of anilines is 2. The van der Waals surface area contributed by atoms with Gasteiger partial charge >= 0.3 is 5.97 Å². The van der Waals surface area contributed by atoms with Crippen molar-refractivity contribution in [1.29, 1.82) is 0 Å². The Morgan fingerprint density at radius 1 is 1.06 bits per heavy atom. The van der Waals surface area contributed by atoms with Gasteiger partial charge in [-0.05, 0) is 55.3 Å². The fourth-order valence-electron chi connectivity index (χ4n) is 4.02. The smallest absolute Gasteiger partial charge is 0.307 e. The van der Waals surface area contributed by atoms with E-state index in [1.807, 2.05) is 12.1 Å². The second-order valence-electron chi connectivity index (χ2n) is 8.05. The number of carbonyl (C=O) groups excluding carboxylic acids is 2. The summed E-state index contributed by atoms with van der Waals surface area (Å²) < 4.78 is 6.75. The molecule has 4 rings (SSSR count). The molecule has 0 unspecified atom stereocenters. The van der Waals surface area contributed by atoms with Crippen LogP contribution in [0.15, 0.2) is 46.8 Å². The predicted molar refractivity (Wildman–Crippen MR) is 134 cm³/mol. The van der Waals surface area contributed by atoms with E-state index in [-0.39, 0.29) is 17.6 Å². The molecule has 1 aliphatic rings. The molecule has 8 nitrogen and oxygen atoms in total. The van der Waals surface area contributed by atoms with Gasteiger partial charge in [-0.2, -0.15) is 0 Å². The second-order valence-corrected chi connectivity index (χ2v) is 10.3. The average molecular weight is 500 g/mol. The Hall–Kier alpha value is -3.11. The van der Waals surface area contributed by atoms with Crippen molar-refractivity contribution in [2.24, 2.45) is 11.8 Å². The van der Waals surface area contributed by atoms with Crippen LogP contribution in [0, 0.1) is 11.8 Å². The monoisotopic (exact) mass is 499 g/mol. The molecule has 1 saturated carbocycles. The van der Waals surface area contributed by atoms with Gasteiger partial charge in [0.25, 0.3) is 0 Å². The molecule has 0 radical (unpaired) electrons. The number of methoxy groups -OCH3 is 1. The Morgan fingerprint density at radius 2 is 1.76 bits per heavy atom. The summed E-state index contributed by atoms with van der Waals surface area (Å²) in [5.41, 5.74) is 2.09. The number of rotatable bonds is 8. The number of thiazole rings is 1. The maximum Gasteiger partial charge on any atom is 0.307 e. The summed E-state index contributed by atoms with van der Waals surface area (Å²) in [7, 11) is 1.59. The molecular formula is C24H25N3O5S2. The highest BCUT2D eigenvalue weighted by molar-refractivity contribution is 8.01. The van der Waals surface area contributed by atoms with Crippen LogP contribution in [-0.4, -0.2) is 40.7 Å². The van der Waals surface area contributed by atoms with Crippen LogP contribution in [0.1, 0.15) is 25.7 Å². The lowest BCUT2D eigenvalue weighted by Gasteiger charge is -2.27. The largest absolute Gasteiger partial charge is 0.497 e. The number of aromatic nitrogens is 1. The van der Waals surface area contributed by atoms with Crippen LogP contribution in [0.5, 0.6) is 5.75 Å². The highest BCUT2D eigenvalue weighted by Crippen LogP contribution is 2.33. The van der Waals surface area contributed by atoms with Gasteiger partial charge in [0, 0.05) is 11.4 Å². The number of nitrogens with one attached hydrogen (secondary N) is 2. The SMILES string of the molecule is COc1ccc(NC(=O)CSc2nc3ccc(NC(=O)[C@H]4CCCC[C@H]4C(=O)O)cc3s2)cc1. The summed E-state index contributed by atoms with van der Waals surface area (Å²) >= 11 is 2.79. The number of benzene rings is 2. The number of nitrogens with zero attached hydrogens (tertiary/aromatic N) is 1. The molecule has 2 aromatic carbocycles. The number of aliphatic carboxylic acids is 1. The first kappa shape index (κ1) is 24.0. The third-order valence-electron chi connectivity index (χ3n) is 5.76. The lowest BCUT2D eigenvalue weighted by Crippen LogP contribution is -2.36. The van der Waals surface area contributed by atoms with E-state index in [0.717, 1.165) is 33.1 Å². The molecule has 1 heterocycles. The molecule has 0 saturated heterocycles. The molecule has 0 bridgehead atoms. The minimum Gasteiger partial charge on any atom is -0.497 e. The molecule has 2 atom stereocenters. The number of carboxylic acids is 1. The maximum absolute atomic E-state index is 12.7. The standard InChI is InChI=1S/C24H25N3O5S2/c1-32-16-9-6-14(7-10-16)25-21(28)13-33-24-27-19-11-8-15(12-20(19)34-24)26-22(29)17-4-2-3-5-18(17)23(30)31/h6-12,17-18H,2-5,13H2,1H3,(H,25,28)(H,26,29)(H,30,31)/t17-,18+/m0/s1. The summed E-state index contributed by atoms with van der Waals surface area (Å²) in [5.74, 6) is -1.50. The number of carboxylic acid groups (broad SMARTS) is 1. The number of thioether (sulfide) groups is 1. The second kappa shape index (κ2) is 10.9. The van der Waals surface area contributed by atoms with Crippen LogP contribution < -0.4 is 15.4 Å². The van der Waals surface area contributed by atoms with Gasteiger partial charge in [0.05, 0.1) is 34.9 Å². The third kappa shape index (κ3) is 5.87. The minimum atomic E-state index is -0.907. The van der Waals surface area contributed by atoms with E-state index in [0.29, 0.717) is 24.2 Å². The van der Waals surface area contributed by atoms with Gasteiger partial charge < -0.3 is 20.5 Å². The Labute approximate surface area is 205 Å². The van der Waals surface area contributed by atoms with E-state index in [4.69, 9.17) is 4.74 Å². The highest BCUT2D eigenvalue weighted by atomic mass is 32.2. The van der Waals surface area contributed by atoms with Gasteiger partial charge in [0.2, 0.25) is 11.8 Å². The minimum absolute atomic E-state index is 0.136. The quantitative estimate of drug-likeness (QED) is 0.379. The molecule has 2 amide bonds. The van der Waals surface area contributed by atoms with E-state index in [1.165, 1.54) is 23.1 Å². The Morgan fingerprint density at radius 3 is 2.47 bits per heavy atom. The number of ether oxygens (including phenoxy) is 1. The molecule has 0 aliphatic heterocycles. The van der Waals surface area contributed by atoms with Crippen molar-refractivity contribution in [3.05, 3.63) is 42.5 Å². The number of carbonyl (C=O) groups is 3. The molecule has 0 spiro atoms. The van der Waals surface area contributed by atoms with Gasteiger partial charge in [-0.1, -0.05) is 24.6 Å². The fourth-order valence-corrected chi connectivity index (χ4v) is 5.92. The zero-order valence-corrected chi connectivity index (χ0v) is 20.2. The maximum atomic E-state index is 12.7. The summed E-state index contributed by atoms with van der Waals surface area (Å²) in [4.78, 5) is 41.1. The topological polar surface area (TPSA) is 118 Å². The molecular weight excluding hydrogens is 474 g/mol. The van der Waals surface area contributed by atoms with Crippen LogP contribution in [0.25, 0.3) is 10.2 Å². The number of hydrogen-bond donors (Lipinski definition) is 3. The lowest BCUT2D eigenvalue weighted by atomic mass is 9.78. The molecule has 1 aliphatic carbocycles. The zero-order chi connectivity index (χ0) is 24.1. The summed E-state index contributed by atoms with van der Waals surface area (Å²) in [6.45, 7) is 0. The molecule has 10 heteroatoms. The van der Waals surface area contributed by atoms with Crippen LogP contribution in [0.3, 0.4) is 0 Å². The van der Waals surface area contributed by atoms with Crippen molar-refractivity contribution < 1.29 is 24.2 Å². The van der Waals surface area contributed by atoms with E-state index in [2.05, 4.69) is 15.6 Å². The number of hydrogen-bond acceptors (Lipinski definition) is 7. The van der Waals surface area contributed by atoms with Crippen molar-refractivity contribution in [1.82, 2.24) is 4.98 Å². The molecule has 178 valence electrons. The van der Waals surface area contributed by atoms with Crippen molar-refractivity contribution in [2.75, 3.05) is 23.5 Å². The first-order valence-electron chi connectivity index (χ1n) is 10.9. The summed E-state index contributed by atoms with van der Waals surface area (Å²) in [6, 6.07) is 12.5. The fraction of sp³-hybridized carbons (Fsp3) is 0.333. The van der Waals surface area contributed by atoms with Crippen LogP contribution in [0.4, 0.5) is 11.4 Å². The Kier molecular flexibility index (Phi) is 7.69. The third-order valence-corrected chi connectivity index (χ3v) is 7.92. The zero-order valence-electron chi connectivity index (χ0n) is 18.6. The van der Waals surface area contributed by atoms with Crippen molar-refractivity contribution in [2.45, 2.75) is 30.0 Å². The Bertz CT molecular complexity index is 1200. The first-order chi connectivity index (χ1) is 16.4.